The monoisotopic (exact) mass is 554 g/mol. The highest BCUT2D eigenvalue weighted by atomic mass is 79.9. The summed E-state index contributed by atoms with van der Waals surface area (Å²) in [4.78, 5) is 26.8. The van der Waals surface area contributed by atoms with Crippen molar-refractivity contribution in [3.8, 4) is 11.1 Å². The minimum atomic E-state index is -3.59. The molecule has 0 aliphatic rings. The lowest BCUT2D eigenvalue weighted by Gasteiger charge is -2.19. The van der Waals surface area contributed by atoms with E-state index in [1.807, 2.05) is 36.4 Å². The number of pyridine rings is 1. The van der Waals surface area contributed by atoms with Crippen molar-refractivity contribution in [2.24, 2.45) is 0 Å². The van der Waals surface area contributed by atoms with E-state index >= 15 is 0 Å². The minimum absolute atomic E-state index is 0.0530. The number of benzene rings is 3. The number of ether oxygens (including phenoxy) is 1. The van der Waals surface area contributed by atoms with Gasteiger partial charge in [0.2, 0.25) is 10.0 Å². The fraction of sp³-hybridized carbons (Fsp3) is 0.154. The van der Waals surface area contributed by atoms with Crippen molar-refractivity contribution < 1.29 is 17.9 Å². The maximum Gasteiger partial charge on any atom is 0.355 e. The molecule has 3 aromatic carbocycles. The SMILES string of the molecule is COC(=O)c1c(-c2ccccc2)c2cc(Br)ccc2c(=O)n1Cc1ccc(S(=O)(=O)N(C)C)cc1. The van der Waals surface area contributed by atoms with Crippen LogP contribution in [0.5, 0.6) is 0 Å². The van der Waals surface area contributed by atoms with E-state index in [2.05, 4.69) is 15.9 Å². The molecule has 4 aromatic rings. The molecule has 0 N–H and O–H groups in total. The van der Waals surface area contributed by atoms with E-state index in [9.17, 15) is 18.0 Å². The number of halogens is 1. The molecule has 0 unspecified atom stereocenters. The first-order chi connectivity index (χ1) is 16.6. The van der Waals surface area contributed by atoms with Gasteiger partial charge in [0.25, 0.3) is 5.56 Å². The number of esters is 1. The van der Waals surface area contributed by atoms with Crippen LogP contribution in [0.25, 0.3) is 21.9 Å². The quantitative estimate of drug-likeness (QED) is 0.327. The fourth-order valence-electron chi connectivity index (χ4n) is 3.94. The molecule has 0 fully saturated rings. The Kier molecular flexibility index (Phi) is 6.93. The van der Waals surface area contributed by atoms with Crippen LogP contribution in [0.1, 0.15) is 16.1 Å². The third-order valence-electron chi connectivity index (χ3n) is 5.72. The number of aromatic nitrogens is 1. The molecule has 0 saturated heterocycles. The Labute approximate surface area is 211 Å². The summed E-state index contributed by atoms with van der Waals surface area (Å²) in [5, 5.41) is 1.08. The molecule has 180 valence electrons. The van der Waals surface area contributed by atoms with Gasteiger partial charge in [0.15, 0.2) is 0 Å². The molecule has 0 amide bonds. The first-order valence-electron chi connectivity index (χ1n) is 10.7. The lowest BCUT2D eigenvalue weighted by Crippen LogP contribution is -2.28. The molecule has 0 atom stereocenters. The second-order valence-corrected chi connectivity index (χ2v) is 11.2. The molecule has 35 heavy (non-hydrogen) atoms. The van der Waals surface area contributed by atoms with Crippen LogP contribution in [-0.4, -0.2) is 44.5 Å². The normalized spacial score (nSPS) is 11.7. The van der Waals surface area contributed by atoms with Crippen LogP contribution in [0.3, 0.4) is 0 Å². The van der Waals surface area contributed by atoms with Gasteiger partial charge in [-0.2, -0.15) is 0 Å². The zero-order valence-electron chi connectivity index (χ0n) is 19.4. The van der Waals surface area contributed by atoms with Crippen molar-refractivity contribution in [1.29, 1.82) is 0 Å². The van der Waals surface area contributed by atoms with Gasteiger partial charge in [0.05, 0.1) is 18.6 Å². The maximum absolute atomic E-state index is 13.6. The fourth-order valence-corrected chi connectivity index (χ4v) is 5.20. The van der Waals surface area contributed by atoms with Gasteiger partial charge in [-0.1, -0.05) is 58.4 Å². The highest BCUT2D eigenvalue weighted by molar-refractivity contribution is 9.10. The molecule has 1 aromatic heterocycles. The van der Waals surface area contributed by atoms with Crippen molar-refractivity contribution in [2.45, 2.75) is 11.4 Å². The Morgan fingerprint density at radius 1 is 0.971 bits per heavy atom. The summed E-state index contributed by atoms with van der Waals surface area (Å²) in [6, 6.07) is 20.9. The minimum Gasteiger partial charge on any atom is -0.464 e. The van der Waals surface area contributed by atoms with Crippen LogP contribution in [0, 0.1) is 0 Å². The molecule has 0 spiro atoms. The Balaban J connectivity index is 1.98. The van der Waals surface area contributed by atoms with E-state index < -0.39 is 16.0 Å². The molecule has 7 nitrogen and oxygen atoms in total. The van der Waals surface area contributed by atoms with E-state index in [1.165, 1.54) is 37.9 Å². The maximum atomic E-state index is 13.6. The molecule has 4 rings (SSSR count). The van der Waals surface area contributed by atoms with Gasteiger partial charge in [-0.15, -0.1) is 0 Å². The predicted molar refractivity (Wildman–Crippen MR) is 139 cm³/mol. The number of sulfonamides is 1. The molecule has 0 bridgehead atoms. The first kappa shape index (κ1) is 24.8. The first-order valence-corrected chi connectivity index (χ1v) is 12.9. The van der Waals surface area contributed by atoms with E-state index in [1.54, 1.807) is 24.3 Å². The summed E-state index contributed by atoms with van der Waals surface area (Å²) < 4.78 is 33.2. The number of rotatable bonds is 6. The third-order valence-corrected chi connectivity index (χ3v) is 8.04. The molecule has 9 heteroatoms. The Morgan fingerprint density at radius 2 is 1.63 bits per heavy atom. The van der Waals surface area contributed by atoms with E-state index in [-0.39, 0.29) is 22.7 Å². The summed E-state index contributed by atoms with van der Waals surface area (Å²) in [5.41, 5.74) is 1.78. The highest BCUT2D eigenvalue weighted by Gasteiger charge is 2.24. The Morgan fingerprint density at radius 3 is 2.23 bits per heavy atom. The van der Waals surface area contributed by atoms with E-state index in [0.717, 1.165) is 14.3 Å². The molecule has 0 aliphatic carbocycles. The number of methoxy groups -OCH3 is 1. The van der Waals surface area contributed by atoms with E-state index in [0.29, 0.717) is 21.9 Å². The van der Waals surface area contributed by atoms with Crippen LogP contribution in [0.15, 0.2) is 87.0 Å². The molecule has 0 saturated carbocycles. The standard InChI is InChI=1S/C26H23BrN2O5S/c1-28(2)35(32,33)20-12-9-17(10-13-20)16-29-24(26(31)34-3)23(18-7-5-4-6-8-18)22-15-19(27)11-14-21(22)25(29)30/h4-15H,16H2,1-3H3. The molecular formula is C26H23BrN2O5S. The number of fused-ring (bicyclic) bond motifs is 1. The number of nitrogens with zero attached hydrogens (tertiary/aromatic N) is 2. The zero-order chi connectivity index (χ0) is 25.3. The summed E-state index contributed by atoms with van der Waals surface area (Å²) >= 11 is 3.47. The molecule has 1 heterocycles. The summed E-state index contributed by atoms with van der Waals surface area (Å²) in [6.45, 7) is 0.0530. The van der Waals surface area contributed by atoms with Gasteiger partial charge >= 0.3 is 5.97 Å². The summed E-state index contributed by atoms with van der Waals surface area (Å²) in [7, 11) is 0.611. The second kappa shape index (κ2) is 9.77. The summed E-state index contributed by atoms with van der Waals surface area (Å²) in [6.07, 6.45) is 0. The van der Waals surface area contributed by atoms with Crippen molar-refractivity contribution in [3.63, 3.8) is 0 Å². The average molecular weight is 555 g/mol. The van der Waals surface area contributed by atoms with Crippen LogP contribution in [0.4, 0.5) is 0 Å². The third kappa shape index (κ3) is 4.67. The van der Waals surface area contributed by atoms with Crippen LogP contribution < -0.4 is 5.56 Å². The summed E-state index contributed by atoms with van der Waals surface area (Å²) in [5.74, 6) is -0.644. The largest absolute Gasteiger partial charge is 0.464 e. The number of hydrogen-bond donors (Lipinski definition) is 0. The average Bonchev–Trinajstić information content (AvgIpc) is 2.85. The molecular weight excluding hydrogens is 532 g/mol. The van der Waals surface area contributed by atoms with Crippen molar-refractivity contribution in [1.82, 2.24) is 8.87 Å². The van der Waals surface area contributed by atoms with Gasteiger partial charge in [0.1, 0.15) is 5.69 Å². The molecule has 0 radical (unpaired) electrons. The Hall–Kier alpha value is -3.27. The van der Waals surface area contributed by atoms with Crippen LogP contribution >= 0.6 is 15.9 Å². The van der Waals surface area contributed by atoms with Gasteiger partial charge in [-0.25, -0.2) is 17.5 Å². The number of carbonyl (C=O) groups excluding carboxylic acids is 1. The van der Waals surface area contributed by atoms with Gasteiger partial charge < -0.3 is 4.74 Å². The second-order valence-electron chi connectivity index (χ2n) is 8.09. The van der Waals surface area contributed by atoms with Crippen molar-refractivity contribution >= 4 is 42.7 Å². The van der Waals surface area contributed by atoms with Gasteiger partial charge in [0, 0.05) is 29.5 Å². The van der Waals surface area contributed by atoms with E-state index in [4.69, 9.17) is 4.74 Å². The van der Waals surface area contributed by atoms with Crippen molar-refractivity contribution in [3.05, 3.63) is 98.9 Å². The molecule has 0 aliphatic heterocycles. The van der Waals surface area contributed by atoms with Gasteiger partial charge in [-0.3, -0.25) is 9.36 Å². The topological polar surface area (TPSA) is 85.7 Å². The smallest absolute Gasteiger partial charge is 0.355 e. The highest BCUT2D eigenvalue weighted by Crippen LogP contribution is 2.33. The lowest BCUT2D eigenvalue weighted by molar-refractivity contribution is 0.0588. The predicted octanol–water partition coefficient (Wildman–Crippen LogP) is 4.52. The van der Waals surface area contributed by atoms with Crippen LogP contribution in [-0.2, 0) is 21.3 Å². The van der Waals surface area contributed by atoms with Crippen LogP contribution in [0.2, 0.25) is 0 Å². The van der Waals surface area contributed by atoms with Crippen molar-refractivity contribution in [2.75, 3.05) is 21.2 Å². The number of hydrogen-bond acceptors (Lipinski definition) is 5. The zero-order valence-corrected chi connectivity index (χ0v) is 21.8. The Bertz CT molecular complexity index is 1580. The van der Waals surface area contributed by atoms with Gasteiger partial charge in [-0.05, 0) is 46.8 Å². The number of carbonyl (C=O) groups is 1. The lowest BCUT2D eigenvalue weighted by atomic mass is 9.96.